The van der Waals surface area contributed by atoms with Gasteiger partial charge in [0.25, 0.3) is 5.91 Å². The van der Waals surface area contributed by atoms with Crippen LogP contribution < -0.4 is 10.1 Å². The first-order valence-corrected chi connectivity index (χ1v) is 10.1. The van der Waals surface area contributed by atoms with E-state index < -0.39 is 10.0 Å². The van der Waals surface area contributed by atoms with Gasteiger partial charge in [0.15, 0.2) is 6.61 Å². The second-order valence-electron chi connectivity index (χ2n) is 5.82. The van der Waals surface area contributed by atoms with Crippen LogP contribution in [0.25, 0.3) is 0 Å². The van der Waals surface area contributed by atoms with Gasteiger partial charge in [-0.1, -0.05) is 41.9 Å². The molecule has 0 unspecified atom stereocenters. The summed E-state index contributed by atoms with van der Waals surface area (Å²) >= 11 is 6.04. The molecule has 0 saturated carbocycles. The van der Waals surface area contributed by atoms with Crippen molar-refractivity contribution in [3.8, 4) is 5.75 Å². The number of amides is 1. The van der Waals surface area contributed by atoms with Crippen LogP contribution in [0.3, 0.4) is 0 Å². The fraction of sp³-hybridized carbons (Fsp3) is 0.278. The summed E-state index contributed by atoms with van der Waals surface area (Å²) in [5.74, 6) is 0.273. The molecular weight excluding hydrogens is 376 g/mol. The Hall–Kier alpha value is -2.09. The third-order valence-electron chi connectivity index (χ3n) is 3.70. The third kappa shape index (κ3) is 6.33. The minimum Gasteiger partial charge on any atom is -0.484 e. The lowest BCUT2D eigenvalue weighted by Gasteiger charge is -2.14. The minimum atomic E-state index is -3.23. The molecule has 2 rings (SSSR count). The van der Waals surface area contributed by atoms with Crippen LogP contribution in [-0.4, -0.2) is 38.5 Å². The maximum Gasteiger partial charge on any atom is 0.258 e. The van der Waals surface area contributed by atoms with Crippen molar-refractivity contribution >= 4 is 27.5 Å². The molecule has 2 aromatic carbocycles. The number of nitrogens with one attached hydrogen (secondary N) is 1. The van der Waals surface area contributed by atoms with E-state index >= 15 is 0 Å². The monoisotopic (exact) mass is 396 g/mol. The summed E-state index contributed by atoms with van der Waals surface area (Å²) in [5, 5.41) is 3.34. The average molecular weight is 397 g/mol. The number of nitrogens with zero attached hydrogens (tertiary/aromatic N) is 1. The van der Waals surface area contributed by atoms with E-state index in [1.165, 1.54) is 11.4 Å². The summed E-state index contributed by atoms with van der Waals surface area (Å²) in [6.45, 7) is 0.489. The van der Waals surface area contributed by atoms with Crippen LogP contribution >= 0.6 is 11.6 Å². The Morgan fingerprint density at radius 2 is 1.81 bits per heavy atom. The van der Waals surface area contributed by atoms with Crippen LogP contribution in [0.4, 0.5) is 0 Å². The number of carbonyl (C=O) groups excluding carboxylic acids is 1. The van der Waals surface area contributed by atoms with E-state index in [1.54, 1.807) is 30.3 Å². The van der Waals surface area contributed by atoms with Crippen LogP contribution in [-0.2, 0) is 27.9 Å². The summed E-state index contributed by atoms with van der Waals surface area (Å²) in [4.78, 5) is 11.9. The molecule has 1 amide bonds. The number of hydrogen-bond acceptors (Lipinski definition) is 4. The second kappa shape index (κ2) is 9.02. The predicted molar refractivity (Wildman–Crippen MR) is 102 cm³/mol. The highest BCUT2D eigenvalue weighted by atomic mass is 35.5. The van der Waals surface area contributed by atoms with Crippen molar-refractivity contribution in [1.82, 2.24) is 9.62 Å². The van der Waals surface area contributed by atoms with Crippen LogP contribution in [0, 0.1) is 0 Å². The molecule has 0 bridgehead atoms. The number of carbonyl (C=O) groups is 1. The quantitative estimate of drug-likeness (QED) is 0.743. The largest absolute Gasteiger partial charge is 0.484 e. The molecule has 26 heavy (non-hydrogen) atoms. The van der Waals surface area contributed by atoms with Crippen molar-refractivity contribution in [2.75, 3.05) is 19.9 Å². The van der Waals surface area contributed by atoms with Gasteiger partial charge in [-0.15, -0.1) is 0 Å². The molecule has 1 N–H and O–H groups in total. The van der Waals surface area contributed by atoms with E-state index in [9.17, 15) is 13.2 Å². The van der Waals surface area contributed by atoms with Crippen LogP contribution in [0.5, 0.6) is 5.75 Å². The predicted octanol–water partition coefficient (Wildman–Crippen LogP) is 2.43. The fourth-order valence-electron chi connectivity index (χ4n) is 2.10. The zero-order chi connectivity index (χ0) is 19.2. The van der Waals surface area contributed by atoms with Crippen LogP contribution in [0.1, 0.15) is 11.1 Å². The maximum absolute atomic E-state index is 11.9. The van der Waals surface area contributed by atoms with E-state index in [0.29, 0.717) is 17.3 Å². The highest BCUT2D eigenvalue weighted by molar-refractivity contribution is 7.88. The number of ether oxygens (including phenoxy) is 1. The van der Waals surface area contributed by atoms with E-state index in [-0.39, 0.29) is 19.1 Å². The Morgan fingerprint density at radius 3 is 2.42 bits per heavy atom. The maximum atomic E-state index is 11.9. The van der Waals surface area contributed by atoms with Crippen molar-refractivity contribution in [2.45, 2.75) is 13.1 Å². The standard InChI is InChI=1S/C18H21ClN2O4S/c1-21(26(2,23)24)12-14-7-9-16(10-8-14)25-13-18(22)20-11-15-5-3-4-6-17(15)19/h3-10H,11-13H2,1-2H3,(H,20,22). The molecule has 2 aromatic rings. The lowest BCUT2D eigenvalue weighted by molar-refractivity contribution is -0.123. The summed E-state index contributed by atoms with van der Waals surface area (Å²) in [6.07, 6.45) is 1.16. The first-order valence-electron chi connectivity index (χ1n) is 7.89. The first-order chi connectivity index (χ1) is 12.3. The zero-order valence-electron chi connectivity index (χ0n) is 14.6. The van der Waals surface area contributed by atoms with Crippen LogP contribution in [0.2, 0.25) is 5.02 Å². The van der Waals surface area contributed by atoms with Gasteiger partial charge in [0.2, 0.25) is 10.0 Å². The normalized spacial score (nSPS) is 11.4. The van der Waals surface area contributed by atoms with Crippen molar-refractivity contribution in [3.05, 3.63) is 64.7 Å². The third-order valence-corrected chi connectivity index (χ3v) is 5.33. The summed E-state index contributed by atoms with van der Waals surface area (Å²) in [5.41, 5.74) is 1.66. The molecular formula is C18H21ClN2O4S. The molecule has 0 aromatic heterocycles. The van der Waals surface area contributed by atoms with E-state index in [4.69, 9.17) is 16.3 Å². The Kier molecular flexibility index (Phi) is 7.02. The van der Waals surface area contributed by atoms with E-state index in [2.05, 4.69) is 5.32 Å². The molecule has 0 heterocycles. The molecule has 0 saturated heterocycles. The van der Waals surface area contributed by atoms with E-state index in [1.807, 2.05) is 18.2 Å². The minimum absolute atomic E-state index is 0.118. The van der Waals surface area contributed by atoms with Gasteiger partial charge in [-0.2, -0.15) is 0 Å². The molecule has 6 nitrogen and oxygen atoms in total. The fourth-order valence-corrected chi connectivity index (χ4v) is 2.69. The van der Waals surface area contributed by atoms with Gasteiger partial charge in [-0.25, -0.2) is 12.7 Å². The Morgan fingerprint density at radius 1 is 1.15 bits per heavy atom. The molecule has 0 radical (unpaired) electrons. The molecule has 0 aliphatic carbocycles. The van der Waals surface area contributed by atoms with Gasteiger partial charge in [0.1, 0.15) is 5.75 Å². The number of sulfonamides is 1. The highest BCUT2D eigenvalue weighted by Crippen LogP contribution is 2.15. The number of rotatable bonds is 8. The second-order valence-corrected chi connectivity index (χ2v) is 8.32. The summed E-state index contributed by atoms with van der Waals surface area (Å²) in [6, 6.07) is 14.2. The Bertz CT molecular complexity index is 854. The molecule has 0 aliphatic heterocycles. The van der Waals surface area contributed by atoms with Crippen molar-refractivity contribution in [2.24, 2.45) is 0 Å². The van der Waals surface area contributed by atoms with Gasteiger partial charge >= 0.3 is 0 Å². The molecule has 0 atom stereocenters. The van der Waals surface area contributed by atoms with E-state index in [0.717, 1.165) is 17.4 Å². The topological polar surface area (TPSA) is 75.7 Å². The van der Waals surface area contributed by atoms with Gasteiger partial charge < -0.3 is 10.1 Å². The Balaban J connectivity index is 1.80. The number of halogens is 1. The van der Waals surface area contributed by atoms with Crippen molar-refractivity contribution < 1.29 is 17.9 Å². The Labute approximate surface area is 158 Å². The van der Waals surface area contributed by atoms with Gasteiger partial charge in [-0.05, 0) is 29.3 Å². The molecule has 0 aliphatic rings. The lowest BCUT2D eigenvalue weighted by atomic mass is 10.2. The SMILES string of the molecule is CN(Cc1ccc(OCC(=O)NCc2ccccc2Cl)cc1)S(C)(=O)=O. The smallest absolute Gasteiger partial charge is 0.258 e. The lowest BCUT2D eigenvalue weighted by Crippen LogP contribution is -2.28. The van der Waals surface area contributed by atoms with Crippen molar-refractivity contribution in [1.29, 1.82) is 0 Å². The molecule has 8 heteroatoms. The number of benzene rings is 2. The van der Waals surface area contributed by atoms with Gasteiger partial charge in [-0.3, -0.25) is 4.79 Å². The summed E-state index contributed by atoms with van der Waals surface area (Å²) in [7, 11) is -1.71. The van der Waals surface area contributed by atoms with Crippen molar-refractivity contribution in [3.63, 3.8) is 0 Å². The van der Waals surface area contributed by atoms with Crippen LogP contribution in [0.15, 0.2) is 48.5 Å². The molecule has 0 fully saturated rings. The highest BCUT2D eigenvalue weighted by Gasteiger charge is 2.11. The molecule has 140 valence electrons. The number of hydrogen-bond donors (Lipinski definition) is 1. The average Bonchev–Trinajstić information content (AvgIpc) is 2.59. The molecule has 0 spiro atoms. The summed E-state index contributed by atoms with van der Waals surface area (Å²) < 4.78 is 29.5. The zero-order valence-corrected chi connectivity index (χ0v) is 16.2. The van der Waals surface area contributed by atoms with Gasteiger partial charge in [0.05, 0.1) is 6.26 Å². The van der Waals surface area contributed by atoms with Gasteiger partial charge in [0, 0.05) is 25.2 Å². The first kappa shape index (κ1) is 20.2.